The molecule has 1 saturated carbocycles. The molecular formula is C13H26N2O. The molecule has 0 aromatic rings. The molecule has 16 heavy (non-hydrogen) atoms. The van der Waals surface area contributed by atoms with Gasteiger partial charge >= 0.3 is 0 Å². The number of nitrogens with one attached hydrogen (secondary N) is 2. The number of amides is 1. The van der Waals surface area contributed by atoms with E-state index in [-0.39, 0.29) is 5.91 Å². The quantitative estimate of drug-likeness (QED) is 0.725. The van der Waals surface area contributed by atoms with Crippen LogP contribution in [0.3, 0.4) is 0 Å². The molecule has 0 aromatic heterocycles. The average molecular weight is 226 g/mol. The Kier molecular flexibility index (Phi) is 4.00. The summed E-state index contributed by atoms with van der Waals surface area (Å²) in [4.78, 5) is 11.4. The molecule has 0 unspecified atom stereocenters. The van der Waals surface area contributed by atoms with Gasteiger partial charge in [-0.3, -0.25) is 4.79 Å². The van der Waals surface area contributed by atoms with Gasteiger partial charge in [0.2, 0.25) is 5.91 Å². The van der Waals surface area contributed by atoms with Crippen molar-refractivity contribution in [3.63, 3.8) is 0 Å². The highest BCUT2D eigenvalue weighted by molar-refractivity contribution is 5.77. The van der Waals surface area contributed by atoms with E-state index >= 15 is 0 Å². The Labute approximate surface area is 99.4 Å². The predicted molar refractivity (Wildman–Crippen MR) is 67.2 cm³/mol. The van der Waals surface area contributed by atoms with E-state index in [0.717, 1.165) is 19.5 Å². The summed E-state index contributed by atoms with van der Waals surface area (Å²) in [6.07, 6.45) is 0.994. The van der Waals surface area contributed by atoms with Crippen molar-refractivity contribution in [2.24, 2.45) is 16.7 Å². The van der Waals surface area contributed by atoms with Crippen LogP contribution in [0.5, 0.6) is 0 Å². The molecule has 1 aliphatic carbocycles. The van der Waals surface area contributed by atoms with Crippen LogP contribution in [0.2, 0.25) is 0 Å². The highest BCUT2D eigenvalue weighted by Crippen LogP contribution is 2.67. The summed E-state index contributed by atoms with van der Waals surface area (Å²) in [5.41, 5.74) is 0.805. The Balaban J connectivity index is 2.16. The average Bonchev–Trinajstić information content (AvgIpc) is 2.57. The number of hydrogen-bond donors (Lipinski definition) is 2. The Morgan fingerprint density at radius 1 is 1.19 bits per heavy atom. The van der Waals surface area contributed by atoms with Gasteiger partial charge in [-0.2, -0.15) is 0 Å². The minimum absolute atomic E-state index is 0.109. The van der Waals surface area contributed by atoms with E-state index in [2.05, 4.69) is 45.3 Å². The Bertz CT molecular complexity index is 245. The van der Waals surface area contributed by atoms with E-state index < -0.39 is 0 Å². The molecule has 94 valence electrons. The van der Waals surface area contributed by atoms with Gasteiger partial charge in [0.1, 0.15) is 0 Å². The van der Waals surface area contributed by atoms with E-state index in [1.54, 1.807) is 0 Å². The van der Waals surface area contributed by atoms with Gasteiger partial charge in [0.25, 0.3) is 0 Å². The zero-order valence-corrected chi connectivity index (χ0v) is 11.3. The predicted octanol–water partition coefficient (Wildman–Crippen LogP) is 1.78. The lowest BCUT2D eigenvalue weighted by Crippen LogP contribution is -2.35. The second-order valence-corrected chi connectivity index (χ2v) is 5.98. The minimum atomic E-state index is 0.109. The maximum atomic E-state index is 11.4. The minimum Gasteiger partial charge on any atom is -0.355 e. The molecule has 0 bridgehead atoms. The second kappa shape index (κ2) is 4.74. The van der Waals surface area contributed by atoms with E-state index in [0.29, 0.717) is 23.3 Å². The second-order valence-electron chi connectivity index (χ2n) is 5.98. The van der Waals surface area contributed by atoms with E-state index in [9.17, 15) is 4.79 Å². The number of carbonyl (C=O) groups is 1. The topological polar surface area (TPSA) is 41.1 Å². The van der Waals surface area contributed by atoms with Crippen LogP contribution in [-0.4, -0.2) is 25.5 Å². The van der Waals surface area contributed by atoms with Gasteiger partial charge in [-0.15, -0.1) is 0 Å². The third-order valence-electron chi connectivity index (χ3n) is 4.53. The Morgan fingerprint density at radius 3 is 2.19 bits per heavy atom. The van der Waals surface area contributed by atoms with Crippen LogP contribution in [-0.2, 0) is 4.79 Å². The summed E-state index contributed by atoms with van der Waals surface area (Å²) < 4.78 is 0. The Hall–Kier alpha value is -0.570. The molecule has 0 heterocycles. The van der Waals surface area contributed by atoms with Crippen LogP contribution < -0.4 is 10.6 Å². The molecule has 1 aliphatic rings. The molecule has 3 nitrogen and oxygen atoms in total. The van der Waals surface area contributed by atoms with Crippen LogP contribution in [0.25, 0.3) is 0 Å². The van der Waals surface area contributed by atoms with E-state index in [4.69, 9.17) is 0 Å². The van der Waals surface area contributed by atoms with Crippen LogP contribution in [0.4, 0.5) is 0 Å². The van der Waals surface area contributed by atoms with Crippen molar-refractivity contribution in [1.29, 1.82) is 0 Å². The first-order valence-electron chi connectivity index (χ1n) is 6.31. The van der Waals surface area contributed by atoms with Gasteiger partial charge in [0, 0.05) is 6.54 Å². The molecule has 1 rings (SSSR count). The van der Waals surface area contributed by atoms with Gasteiger partial charge in [-0.1, -0.05) is 34.6 Å². The van der Waals surface area contributed by atoms with Crippen LogP contribution in [0.1, 0.15) is 41.0 Å². The maximum absolute atomic E-state index is 11.4. The SMILES string of the molecule is CCCNC(=O)CNCC1C(C)(C)C1(C)C. The van der Waals surface area contributed by atoms with Crippen LogP contribution in [0, 0.1) is 16.7 Å². The van der Waals surface area contributed by atoms with Gasteiger partial charge in [0.15, 0.2) is 0 Å². The number of rotatable bonds is 6. The van der Waals surface area contributed by atoms with Crippen molar-refractivity contribution < 1.29 is 4.79 Å². The molecule has 0 radical (unpaired) electrons. The molecule has 1 amide bonds. The molecule has 0 aromatic carbocycles. The van der Waals surface area contributed by atoms with Crippen molar-refractivity contribution in [3.8, 4) is 0 Å². The normalized spacial score (nSPS) is 21.8. The lowest BCUT2D eigenvalue weighted by atomic mass is 10.0. The summed E-state index contributed by atoms with van der Waals surface area (Å²) in [6.45, 7) is 13.4. The molecule has 0 spiro atoms. The highest BCUT2D eigenvalue weighted by atomic mass is 16.1. The standard InChI is InChI=1S/C13H26N2O/c1-6-7-15-11(16)9-14-8-10-12(2,3)13(10,4)5/h10,14H,6-9H2,1-5H3,(H,15,16). The maximum Gasteiger partial charge on any atom is 0.233 e. The van der Waals surface area contributed by atoms with Gasteiger partial charge in [-0.25, -0.2) is 0 Å². The first-order chi connectivity index (χ1) is 7.34. The largest absolute Gasteiger partial charge is 0.355 e. The molecular weight excluding hydrogens is 200 g/mol. The summed E-state index contributed by atoms with van der Waals surface area (Å²) >= 11 is 0. The first kappa shape index (κ1) is 13.5. The van der Waals surface area contributed by atoms with Crippen molar-refractivity contribution in [3.05, 3.63) is 0 Å². The smallest absolute Gasteiger partial charge is 0.233 e. The van der Waals surface area contributed by atoms with E-state index in [1.165, 1.54) is 0 Å². The zero-order valence-electron chi connectivity index (χ0n) is 11.3. The van der Waals surface area contributed by atoms with Gasteiger partial charge in [0.05, 0.1) is 6.54 Å². The summed E-state index contributed by atoms with van der Waals surface area (Å²) in [7, 11) is 0. The summed E-state index contributed by atoms with van der Waals surface area (Å²) in [5.74, 6) is 0.789. The van der Waals surface area contributed by atoms with Crippen molar-refractivity contribution >= 4 is 5.91 Å². The van der Waals surface area contributed by atoms with E-state index in [1.807, 2.05) is 0 Å². The van der Waals surface area contributed by atoms with Crippen molar-refractivity contribution in [1.82, 2.24) is 10.6 Å². The summed E-state index contributed by atoms with van der Waals surface area (Å²) in [6, 6.07) is 0. The van der Waals surface area contributed by atoms with Gasteiger partial charge < -0.3 is 10.6 Å². The monoisotopic (exact) mass is 226 g/mol. The Morgan fingerprint density at radius 2 is 1.75 bits per heavy atom. The third kappa shape index (κ3) is 2.57. The van der Waals surface area contributed by atoms with Crippen molar-refractivity contribution in [2.75, 3.05) is 19.6 Å². The fourth-order valence-corrected chi connectivity index (χ4v) is 2.50. The fraction of sp³-hybridized carbons (Fsp3) is 0.923. The zero-order chi connectivity index (χ0) is 12.4. The fourth-order valence-electron chi connectivity index (χ4n) is 2.50. The first-order valence-corrected chi connectivity index (χ1v) is 6.31. The molecule has 3 heteroatoms. The van der Waals surface area contributed by atoms with Crippen molar-refractivity contribution in [2.45, 2.75) is 41.0 Å². The highest BCUT2D eigenvalue weighted by Gasteiger charge is 2.63. The molecule has 0 saturated heterocycles. The number of hydrogen-bond acceptors (Lipinski definition) is 2. The molecule has 0 atom stereocenters. The summed E-state index contributed by atoms with van der Waals surface area (Å²) in [5, 5.41) is 6.12. The molecule has 1 fully saturated rings. The van der Waals surface area contributed by atoms with Crippen LogP contribution in [0.15, 0.2) is 0 Å². The molecule has 2 N–H and O–H groups in total. The molecule has 0 aliphatic heterocycles. The lowest BCUT2D eigenvalue weighted by molar-refractivity contribution is -0.120. The number of carbonyl (C=O) groups excluding carboxylic acids is 1. The van der Waals surface area contributed by atoms with Gasteiger partial charge in [-0.05, 0) is 29.7 Å². The lowest BCUT2D eigenvalue weighted by Gasteiger charge is -2.06. The van der Waals surface area contributed by atoms with Crippen LogP contribution >= 0.6 is 0 Å². The third-order valence-corrected chi connectivity index (χ3v) is 4.53.